The maximum Gasteiger partial charge on any atom is 0.472 e. The van der Waals surface area contributed by atoms with Gasteiger partial charge in [-0.25, -0.2) is 4.57 Å². The number of hydrogen-bond acceptors (Lipinski definition) is 11. The Balaban J connectivity index is 2.41. The molecule has 0 aromatic carbocycles. The minimum Gasteiger partial charge on any atom is -0.457 e. The van der Waals surface area contributed by atoms with Crippen LogP contribution in [0.2, 0.25) is 0 Å². The van der Waals surface area contributed by atoms with E-state index in [0.29, 0.717) is 13.0 Å². The molecule has 0 radical (unpaired) electrons. The number of rotatable bonds is 39. The van der Waals surface area contributed by atoms with Crippen molar-refractivity contribution >= 4 is 13.8 Å². The van der Waals surface area contributed by atoms with Gasteiger partial charge in [-0.2, -0.15) is 0 Å². The summed E-state index contributed by atoms with van der Waals surface area (Å²) < 4.78 is 34.2. The molecular formula is C46H85O12P. The zero-order chi connectivity index (χ0) is 43.4. The first-order chi connectivity index (χ1) is 28.5. The Hall–Kier alpha value is -1.44. The number of aliphatic hydroxyl groups excluding tert-OH is 5. The van der Waals surface area contributed by atoms with Crippen LogP contribution in [0, 0.1) is 0 Å². The predicted molar refractivity (Wildman–Crippen MR) is 235 cm³/mol. The lowest BCUT2D eigenvalue weighted by Gasteiger charge is -2.41. The van der Waals surface area contributed by atoms with E-state index in [0.717, 1.165) is 83.5 Å². The number of ether oxygens (including phenoxy) is 2. The summed E-state index contributed by atoms with van der Waals surface area (Å²) in [4.78, 5) is 23.1. The Bertz CT molecular complexity index is 1120. The summed E-state index contributed by atoms with van der Waals surface area (Å²) in [6.45, 7) is 4.20. The van der Waals surface area contributed by atoms with Crippen molar-refractivity contribution in [1.82, 2.24) is 0 Å². The molecule has 1 aliphatic carbocycles. The zero-order valence-electron chi connectivity index (χ0n) is 36.8. The molecule has 1 fully saturated rings. The number of phosphoric ester groups is 1. The number of esters is 1. The Morgan fingerprint density at radius 1 is 0.542 bits per heavy atom. The maximum absolute atomic E-state index is 12.8. The van der Waals surface area contributed by atoms with E-state index in [1.807, 2.05) is 0 Å². The number of carbonyl (C=O) groups is 1. The van der Waals surface area contributed by atoms with Crippen molar-refractivity contribution in [1.29, 1.82) is 0 Å². The summed E-state index contributed by atoms with van der Waals surface area (Å²) >= 11 is 0. The van der Waals surface area contributed by atoms with Gasteiger partial charge in [0.15, 0.2) is 0 Å². The first kappa shape index (κ1) is 55.6. The van der Waals surface area contributed by atoms with E-state index in [-0.39, 0.29) is 13.0 Å². The van der Waals surface area contributed by atoms with Crippen LogP contribution < -0.4 is 0 Å². The van der Waals surface area contributed by atoms with Gasteiger partial charge in [-0.05, 0) is 70.6 Å². The monoisotopic (exact) mass is 861 g/mol. The minimum absolute atomic E-state index is 0.0865. The highest BCUT2D eigenvalue weighted by atomic mass is 31.2. The smallest absolute Gasteiger partial charge is 0.457 e. The molecule has 6 N–H and O–H groups in total. The normalized spacial score (nSPS) is 22.8. The summed E-state index contributed by atoms with van der Waals surface area (Å²) in [5, 5.41) is 50.2. The summed E-state index contributed by atoms with van der Waals surface area (Å²) in [5.41, 5.74) is 0. The third-order valence-corrected chi connectivity index (χ3v) is 11.7. The maximum atomic E-state index is 12.8. The Labute approximate surface area is 357 Å². The van der Waals surface area contributed by atoms with E-state index < -0.39 is 63.1 Å². The van der Waals surface area contributed by atoms with Crippen LogP contribution in [0.25, 0.3) is 0 Å². The van der Waals surface area contributed by atoms with Gasteiger partial charge in [-0.3, -0.25) is 13.8 Å². The van der Waals surface area contributed by atoms with Gasteiger partial charge in [0, 0.05) is 13.0 Å². The third kappa shape index (κ3) is 29.5. The molecule has 1 rings (SSSR count). The average Bonchev–Trinajstić information content (AvgIpc) is 3.22. The molecule has 6 atom stereocenters. The highest BCUT2D eigenvalue weighted by Crippen LogP contribution is 2.47. The van der Waals surface area contributed by atoms with Gasteiger partial charge in [0.1, 0.15) is 42.7 Å². The average molecular weight is 861 g/mol. The van der Waals surface area contributed by atoms with Gasteiger partial charge >= 0.3 is 13.8 Å². The number of aliphatic hydroxyl groups is 5. The SMILES string of the molecule is CCCCC/C=C\C/C=C\CCCCCCCCOCC(COP(=O)(O)OC1C(O)C(O)C(O)C(O)C1O)OC(=O)CCCCCCC/C=C\CCCCCCCCC. The zero-order valence-corrected chi connectivity index (χ0v) is 37.7. The van der Waals surface area contributed by atoms with Crippen LogP contribution in [0.5, 0.6) is 0 Å². The van der Waals surface area contributed by atoms with Gasteiger partial charge < -0.3 is 39.9 Å². The van der Waals surface area contributed by atoms with Crippen LogP contribution in [0.3, 0.4) is 0 Å². The van der Waals surface area contributed by atoms with E-state index in [2.05, 4.69) is 50.3 Å². The molecule has 0 aromatic rings. The van der Waals surface area contributed by atoms with E-state index in [1.54, 1.807) is 0 Å². The predicted octanol–water partition coefficient (Wildman–Crippen LogP) is 9.48. The summed E-state index contributed by atoms with van der Waals surface area (Å²) in [5.74, 6) is -0.490. The van der Waals surface area contributed by atoms with Crippen LogP contribution in [-0.2, 0) is 27.9 Å². The van der Waals surface area contributed by atoms with Crippen molar-refractivity contribution in [3.05, 3.63) is 36.5 Å². The molecule has 1 aliphatic rings. The highest BCUT2D eigenvalue weighted by Gasteiger charge is 2.51. The van der Waals surface area contributed by atoms with Crippen LogP contribution in [0.4, 0.5) is 0 Å². The van der Waals surface area contributed by atoms with Crippen molar-refractivity contribution < 1.29 is 58.3 Å². The molecule has 12 nitrogen and oxygen atoms in total. The fourth-order valence-corrected chi connectivity index (χ4v) is 7.94. The highest BCUT2D eigenvalue weighted by molar-refractivity contribution is 7.47. The number of unbranched alkanes of at least 4 members (excludes halogenated alkanes) is 21. The number of phosphoric acid groups is 1. The topological polar surface area (TPSA) is 192 Å². The molecule has 13 heteroatoms. The van der Waals surface area contributed by atoms with Gasteiger partial charge in [0.25, 0.3) is 0 Å². The second-order valence-electron chi connectivity index (χ2n) is 16.2. The Kier molecular flexibility index (Phi) is 35.0. The lowest BCUT2D eigenvalue weighted by atomic mass is 9.85. The molecule has 59 heavy (non-hydrogen) atoms. The molecule has 0 aliphatic heterocycles. The molecule has 0 saturated heterocycles. The Morgan fingerprint density at radius 2 is 0.949 bits per heavy atom. The van der Waals surface area contributed by atoms with Gasteiger partial charge in [0.05, 0.1) is 13.2 Å². The van der Waals surface area contributed by atoms with E-state index in [4.69, 9.17) is 18.5 Å². The van der Waals surface area contributed by atoms with Crippen LogP contribution in [0.1, 0.15) is 187 Å². The van der Waals surface area contributed by atoms with E-state index in [9.17, 15) is 39.8 Å². The van der Waals surface area contributed by atoms with Crippen molar-refractivity contribution in [2.24, 2.45) is 0 Å². The largest absolute Gasteiger partial charge is 0.472 e. The number of hydrogen-bond donors (Lipinski definition) is 6. The van der Waals surface area contributed by atoms with Crippen LogP contribution >= 0.6 is 7.82 Å². The minimum atomic E-state index is -5.02. The van der Waals surface area contributed by atoms with Gasteiger partial charge in [-0.15, -0.1) is 0 Å². The number of allylic oxidation sites excluding steroid dienone is 6. The lowest BCUT2D eigenvalue weighted by molar-refractivity contribution is -0.220. The standard InChI is InChI=1S/C46H85O12P/c1-3-5-7-9-11-13-15-17-19-21-23-25-27-29-31-33-35-40(47)57-39(38-56-59(53,54)58-46-44(51)42(49)41(48)43(50)45(46)52)37-55-36-34-32-30-28-26-24-22-20-18-16-14-12-10-8-6-4-2/h12,14,18-21,39,41-46,48-52H,3-11,13,15-17,22-38H2,1-2H3,(H,53,54)/b14-12-,20-18-,21-19-. The first-order valence-electron chi connectivity index (χ1n) is 23.3. The fourth-order valence-electron chi connectivity index (χ4n) is 6.97. The summed E-state index contributed by atoms with van der Waals surface area (Å²) in [6, 6.07) is 0. The second-order valence-corrected chi connectivity index (χ2v) is 17.7. The third-order valence-electron chi connectivity index (χ3n) is 10.7. The number of carbonyl (C=O) groups excluding carboxylic acids is 1. The van der Waals surface area contributed by atoms with E-state index in [1.165, 1.54) is 77.0 Å². The lowest BCUT2D eigenvalue weighted by Crippen LogP contribution is -2.64. The molecular weight excluding hydrogens is 775 g/mol. The van der Waals surface area contributed by atoms with Crippen molar-refractivity contribution in [2.45, 2.75) is 230 Å². The fraction of sp³-hybridized carbons (Fsp3) is 0.848. The Morgan fingerprint density at radius 3 is 1.47 bits per heavy atom. The molecule has 346 valence electrons. The quantitative estimate of drug-likeness (QED) is 0.0149. The van der Waals surface area contributed by atoms with E-state index >= 15 is 0 Å². The molecule has 0 spiro atoms. The molecule has 6 unspecified atom stereocenters. The molecule has 0 amide bonds. The molecule has 0 bridgehead atoms. The van der Waals surface area contributed by atoms with Gasteiger partial charge in [-0.1, -0.05) is 147 Å². The van der Waals surface area contributed by atoms with Crippen LogP contribution in [-0.4, -0.2) is 98.9 Å². The van der Waals surface area contributed by atoms with Crippen molar-refractivity contribution in [3.8, 4) is 0 Å². The molecule has 0 heterocycles. The van der Waals surface area contributed by atoms with Crippen LogP contribution in [0.15, 0.2) is 36.5 Å². The second kappa shape index (κ2) is 37.1. The van der Waals surface area contributed by atoms with Crippen molar-refractivity contribution in [3.63, 3.8) is 0 Å². The van der Waals surface area contributed by atoms with Gasteiger partial charge in [0.2, 0.25) is 0 Å². The summed E-state index contributed by atoms with van der Waals surface area (Å²) in [7, 11) is -5.02. The summed E-state index contributed by atoms with van der Waals surface area (Å²) in [6.07, 6.45) is 30.6. The van der Waals surface area contributed by atoms with Crippen molar-refractivity contribution in [2.75, 3.05) is 19.8 Å². The molecule has 1 saturated carbocycles. The molecule has 0 aromatic heterocycles. The first-order valence-corrected chi connectivity index (χ1v) is 24.8.